The van der Waals surface area contributed by atoms with E-state index in [0.29, 0.717) is 12.3 Å². The van der Waals surface area contributed by atoms with Gasteiger partial charge in [-0.2, -0.15) is 0 Å². The van der Waals surface area contributed by atoms with Crippen LogP contribution in [0, 0.1) is 0 Å². The minimum absolute atomic E-state index is 0.297. The summed E-state index contributed by atoms with van der Waals surface area (Å²) in [6, 6.07) is 0. The Morgan fingerprint density at radius 1 is 0.941 bits per heavy atom. The van der Waals surface area contributed by atoms with E-state index in [2.05, 4.69) is 25.8 Å². The smallest absolute Gasteiger partial charge is 0.222 e. The molecule has 0 N–H and O–H groups in total. The van der Waals surface area contributed by atoms with E-state index in [9.17, 15) is 4.79 Å². The highest BCUT2D eigenvalue weighted by Gasteiger charge is 2.11. The first-order valence-electron chi connectivity index (χ1n) is 7.11. The van der Waals surface area contributed by atoms with Crippen molar-refractivity contribution in [1.82, 2.24) is 9.80 Å². The third kappa shape index (κ3) is 8.19. The van der Waals surface area contributed by atoms with Crippen molar-refractivity contribution in [3.05, 3.63) is 0 Å². The molecule has 0 radical (unpaired) electrons. The van der Waals surface area contributed by atoms with Gasteiger partial charge in [-0.15, -0.1) is 0 Å². The molecule has 0 aromatic heterocycles. The quantitative estimate of drug-likeness (QED) is 0.550. The van der Waals surface area contributed by atoms with E-state index in [1.807, 2.05) is 11.8 Å². The van der Waals surface area contributed by atoms with Gasteiger partial charge in [-0.25, -0.2) is 0 Å². The fraction of sp³-hybridized carbons (Fsp3) is 0.929. The van der Waals surface area contributed by atoms with E-state index in [4.69, 9.17) is 0 Å². The molecule has 0 aromatic carbocycles. The van der Waals surface area contributed by atoms with E-state index < -0.39 is 0 Å². The van der Waals surface area contributed by atoms with Gasteiger partial charge in [0.1, 0.15) is 0 Å². The molecular weight excluding hydrogens is 212 g/mol. The van der Waals surface area contributed by atoms with Gasteiger partial charge in [0.2, 0.25) is 5.91 Å². The van der Waals surface area contributed by atoms with Crippen LogP contribution in [0.3, 0.4) is 0 Å². The Hall–Kier alpha value is -0.570. The lowest BCUT2D eigenvalue weighted by Gasteiger charge is -2.25. The molecule has 0 aromatic rings. The maximum Gasteiger partial charge on any atom is 0.222 e. The Labute approximate surface area is 107 Å². The molecule has 0 aliphatic rings. The molecule has 17 heavy (non-hydrogen) atoms. The summed E-state index contributed by atoms with van der Waals surface area (Å²) in [5.41, 5.74) is 0. The molecule has 0 atom stereocenters. The van der Waals surface area contributed by atoms with Crippen molar-refractivity contribution in [3.8, 4) is 0 Å². The molecule has 0 bridgehead atoms. The first-order valence-corrected chi connectivity index (χ1v) is 7.11. The average molecular weight is 242 g/mol. The van der Waals surface area contributed by atoms with Crippen LogP contribution in [0.5, 0.6) is 0 Å². The molecule has 0 rings (SSSR count). The minimum atomic E-state index is 0.297. The van der Waals surface area contributed by atoms with Crippen LogP contribution >= 0.6 is 0 Å². The summed E-state index contributed by atoms with van der Waals surface area (Å²) in [5, 5.41) is 0. The standard InChI is InChI=1S/C14H30N2O/c1-5-8-9-10-11-16(14(17)6-2)13-12-15(4)7-3/h5-13H2,1-4H3. The van der Waals surface area contributed by atoms with Crippen molar-refractivity contribution < 1.29 is 4.79 Å². The number of amides is 1. The van der Waals surface area contributed by atoms with E-state index >= 15 is 0 Å². The van der Waals surface area contributed by atoms with Crippen LogP contribution in [0.4, 0.5) is 0 Å². The highest BCUT2D eigenvalue weighted by Crippen LogP contribution is 2.03. The van der Waals surface area contributed by atoms with Crippen LogP contribution < -0.4 is 0 Å². The monoisotopic (exact) mass is 242 g/mol. The number of hydrogen-bond donors (Lipinski definition) is 0. The highest BCUT2D eigenvalue weighted by molar-refractivity contribution is 5.75. The number of nitrogens with zero attached hydrogens (tertiary/aromatic N) is 2. The summed E-state index contributed by atoms with van der Waals surface area (Å²) in [6.45, 7) is 10.1. The number of carbonyl (C=O) groups is 1. The summed E-state index contributed by atoms with van der Waals surface area (Å²) in [6.07, 6.45) is 5.55. The molecule has 102 valence electrons. The number of hydrogen-bond acceptors (Lipinski definition) is 2. The lowest BCUT2D eigenvalue weighted by Crippen LogP contribution is -2.37. The van der Waals surface area contributed by atoms with E-state index in [1.54, 1.807) is 0 Å². The minimum Gasteiger partial charge on any atom is -0.341 e. The zero-order valence-electron chi connectivity index (χ0n) is 12.2. The van der Waals surface area contributed by atoms with Gasteiger partial charge in [-0.1, -0.05) is 40.0 Å². The van der Waals surface area contributed by atoms with Gasteiger partial charge in [-0.3, -0.25) is 4.79 Å². The summed E-state index contributed by atoms with van der Waals surface area (Å²) >= 11 is 0. The summed E-state index contributed by atoms with van der Waals surface area (Å²) < 4.78 is 0. The van der Waals surface area contributed by atoms with Crippen LogP contribution in [-0.2, 0) is 4.79 Å². The lowest BCUT2D eigenvalue weighted by atomic mass is 10.2. The zero-order chi connectivity index (χ0) is 13.1. The van der Waals surface area contributed by atoms with E-state index in [-0.39, 0.29) is 0 Å². The summed E-state index contributed by atoms with van der Waals surface area (Å²) in [4.78, 5) is 16.1. The SMILES string of the molecule is CCCCCCN(CCN(C)CC)C(=O)CC. The second kappa shape index (κ2) is 10.6. The van der Waals surface area contributed by atoms with Gasteiger partial charge in [0.05, 0.1) is 0 Å². The Balaban J connectivity index is 3.92. The zero-order valence-corrected chi connectivity index (χ0v) is 12.2. The van der Waals surface area contributed by atoms with Crippen molar-refractivity contribution in [2.24, 2.45) is 0 Å². The maximum atomic E-state index is 11.8. The average Bonchev–Trinajstić information content (AvgIpc) is 2.36. The Bertz CT molecular complexity index is 195. The van der Waals surface area contributed by atoms with Gasteiger partial charge in [0.15, 0.2) is 0 Å². The van der Waals surface area contributed by atoms with Crippen LogP contribution in [0.15, 0.2) is 0 Å². The van der Waals surface area contributed by atoms with Gasteiger partial charge >= 0.3 is 0 Å². The predicted molar refractivity (Wildman–Crippen MR) is 74.2 cm³/mol. The van der Waals surface area contributed by atoms with Crippen LogP contribution in [-0.4, -0.2) is 48.9 Å². The Morgan fingerprint density at radius 2 is 1.65 bits per heavy atom. The second-order valence-electron chi connectivity index (χ2n) is 4.69. The fourth-order valence-electron chi connectivity index (χ4n) is 1.76. The van der Waals surface area contributed by atoms with Gasteiger partial charge in [0, 0.05) is 26.1 Å². The van der Waals surface area contributed by atoms with E-state index in [0.717, 1.165) is 32.6 Å². The summed E-state index contributed by atoms with van der Waals surface area (Å²) in [5.74, 6) is 0.297. The number of carbonyl (C=O) groups excluding carboxylic acids is 1. The molecule has 1 amide bonds. The fourth-order valence-corrected chi connectivity index (χ4v) is 1.76. The van der Waals surface area contributed by atoms with Crippen molar-refractivity contribution >= 4 is 5.91 Å². The number of rotatable bonds is 10. The molecule has 3 nitrogen and oxygen atoms in total. The van der Waals surface area contributed by atoms with Crippen LogP contribution in [0.25, 0.3) is 0 Å². The molecule has 0 aliphatic carbocycles. The molecule has 0 saturated heterocycles. The summed E-state index contributed by atoms with van der Waals surface area (Å²) in [7, 11) is 2.10. The lowest BCUT2D eigenvalue weighted by molar-refractivity contribution is -0.131. The molecule has 0 fully saturated rings. The predicted octanol–water partition coefficient (Wildman–Crippen LogP) is 2.76. The highest BCUT2D eigenvalue weighted by atomic mass is 16.2. The topological polar surface area (TPSA) is 23.6 Å². The van der Waals surface area contributed by atoms with Gasteiger partial charge in [0.25, 0.3) is 0 Å². The number of unbranched alkanes of at least 4 members (excludes halogenated alkanes) is 3. The van der Waals surface area contributed by atoms with Gasteiger partial charge < -0.3 is 9.80 Å². The van der Waals surface area contributed by atoms with Gasteiger partial charge in [-0.05, 0) is 20.0 Å². The molecular formula is C14H30N2O. The molecule has 0 aliphatic heterocycles. The van der Waals surface area contributed by atoms with Crippen molar-refractivity contribution in [2.75, 3.05) is 33.2 Å². The first kappa shape index (κ1) is 16.4. The first-order chi connectivity index (χ1) is 8.15. The second-order valence-corrected chi connectivity index (χ2v) is 4.69. The molecule has 0 spiro atoms. The molecule has 0 heterocycles. The van der Waals surface area contributed by atoms with Crippen molar-refractivity contribution in [1.29, 1.82) is 0 Å². The van der Waals surface area contributed by atoms with Crippen molar-refractivity contribution in [2.45, 2.75) is 52.9 Å². The Morgan fingerprint density at radius 3 is 2.18 bits per heavy atom. The third-order valence-electron chi connectivity index (χ3n) is 3.23. The molecule has 3 heteroatoms. The largest absolute Gasteiger partial charge is 0.341 e. The van der Waals surface area contributed by atoms with Crippen LogP contribution in [0.2, 0.25) is 0 Å². The van der Waals surface area contributed by atoms with E-state index in [1.165, 1.54) is 19.3 Å². The number of likely N-dealkylation sites (N-methyl/N-ethyl adjacent to an activating group) is 1. The van der Waals surface area contributed by atoms with Crippen molar-refractivity contribution in [3.63, 3.8) is 0 Å². The van der Waals surface area contributed by atoms with Crippen LogP contribution in [0.1, 0.15) is 52.9 Å². The maximum absolute atomic E-state index is 11.8. The molecule has 0 unspecified atom stereocenters. The third-order valence-corrected chi connectivity index (χ3v) is 3.23. The molecule has 0 saturated carbocycles. The normalized spacial score (nSPS) is 10.9. The Kier molecular flexibility index (Phi) is 10.2.